The minimum absolute atomic E-state index is 0.0151. The highest BCUT2D eigenvalue weighted by molar-refractivity contribution is 6.36. The highest BCUT2D eigenvalue weighted by Crippen LogP contribution is 2.56. The molecule has 238 valence electrons. The molecular formula is C33H30ClN3O9. The fraction of sp³-hybridized carbons (Fsp3) is 0.333. The Bertz CT molecular complexity index is 2050. The number of nitrogens with one attached hydrogen (secondary N) is 1. The standard InChI is InChI=1S/C33H30ClN3O9/c1-8-11-45-19-13-16(9-10-18(19)42-5)22-23-17(35-30-25(22)31(40)37(4)32(41)36(30)3)12-15(2)33(28(23)38)29(39)24-20(43-6)14-21(44-7)26(34)27(24)46-33/h1,9-10,13-15,22,35H,11-12H2,2-7H3. The Balaban J connectivity index is 1.62. The summed E-state index contributed by atoms with van der Waals surface area (Å²) in [6, 6.07) is 6.40. The lowest BCUT2D eigenvalue weighted by Crippen LogP contribution is -2.58. The number of fused-ring (bicyclic) bond motifs is 2. The van der Waals surface area contributed by atoms with Gasteiger partial charge in [0, 0.05) is 43.3 Å². The first kappa shape index (κ1) is 30.9. The summed E-state index contributed by atoms with van der Waals surface area (Å²) in [5, 5.41) is 3.21. The maximum atomic E-state index is 15.0. The average molecular weight is 648 g/mol. The molecule has 0 bridgehead atoms. The van der Waals surface area contributed by atoms with Crippen molar-refractivity contribution in [2.45, 2.75) is 24.9 Å². The molecule has 1 spiro atoms. The molecule has 46 heavy (non-hydrogen) atoms. The minimum Gasteiger partial charge on any atom is -0.496 e. The van der Waals surface area contributed by atoms with E-state index in [0.29, 0.717) is 17.0 Å². The number of carbonyl (C=O) groups excluding carboxylic acids is 2. The van der Waals surface area contributed by atoms with Gasteiger partial charge in [0.25, 0.3) is 5.56 Å². The van der Waals surface area contributed by atoms with Gasteiger partial charge in [0.15, 0.2) is 17.2 Å². The number of terminal acetylenes is 1. The van der Waals surface area contributed by atoms with E-state index in [1.165, 1.54) is 46.1 Å². The number of aromatic nitrogens is 2. The fourth-order valence-electron chi connectivity index (χ4n) is 6.63. The minimum atomic E-state index is -2.04. The number of Topliss-reactive ketones (excluding diaryl/α,β-unsaturated/α-hetero) is 2. The number of benzene rings is 2. The lowest BCUT2D eigenvalue weighted by atomic mass is 9.66. The van der Waals surface area contributed by atoms with Crippen molar-refractivity contribution in [3.63, 3.8) is 0 Å². The Labute approximate surface area is 268 Å². The number of methoxy groups -OCH3 is 3. The van der Waals surface area contributed by atoms with Gasteiger partial charge in [0.2, 0.25) is 17.2 Å². The Hall–Kier alpha value is -5.15. The molecule has 0 saturated heterocycles. The van der Waals surface area contributed by atoms with Crippen LogP contribution in [0.1, 0.15) is 40.7 Å². The quantitative estimate of drug-likeness (QED) is 0.314. The van der Waals surface area contributed by atoms with E-state index in [1.54, 1.807) is 25.1 Å². The molecule has 3 aliphatic rings. The summed E-state index contributed by atoms with van der Waals surface area (Å²) in [5.41, 5.74) is -2.06. The smallest absolute Gasteiger partial charge is 0.332 e. The second kappa shape index (κ2) is 11.0. The van der Waals surface area contributed by atoms with Crippen LogP contribution in [0.4, 0.5) is 5.82 Å². The van der Waals surface area contributed by atoms with Crippen molar-refractivity contribution >= 4 is 29.0 Å². The zero-order valence-corrected chi connectivity index (χ0v) is 26.7. The normalized spacial score (nSPS) is 21.1. The largest absolute Gasteiger partial charge is 0.496 e. The van der Waals surface area contributed by atoms with Gasteiger partial charge in [-0.15, -0.1) is 6.42 Å². The van der Waals surface area contributed by atoms with Crippen LogP contribution < -0.4 is 40.3 Å². The van der Waals surface area contributed by atoms with Crippen molar-refractivity contribution in [1.29, 1.82) is 0 Å². The molecule has 1 aliphatic carbocycles. The molecular weight excluding hydrogens is 618 g/mol. The first-order chi connectivity index (χ1) is 22.0. The average Bonchev–Trinajstić information content (AvgIpc) is 3.38. The Morgan fingerprint density at radius 1 is 1.00 bits per heavy atom. The first-order valence-electron chi connectivity index (χ1n) is 14.2. The highest BCUT2D eigenvalue weighted by Gasteiger charge is 2.63. The van der Waals surface area contributed by atoms with Gasteiger partial charge in [0.1, 0.15) is 34.5 Å². The molecule has 3 heterocycles. The lowest BCUT2D eigenvalue weighted by molar-refractivity contribution is -0.130. The predicted molar refractivity (Wildman–Crippen MR) is 168 cm³/mol. The first-order valence-corrected chi connectivity index (χ1v) is 14.6. The van der Waals surface area contributed by atoms with Crippen LogP contribution in [-0.4, -0.2) is 54.2 Å². The van der Waals surface area contributed by atoms with Crippen LogP contribution in [0.5, 0.6) is 28.7 Å². The van der Waals surface area contributed by atoms with Crippen molar-refractivity contribution in [2.75, 3.05) is 33.3 Å². The molecule has 0 amide bonds. The van der Waals surface area contributed by atoms with Gasteiger partial charge in [-0.05, 0) is 24.1 Å². The van der Waals surface area contributed by atoms with Gasteiger partial charge < -0.3 is 29.0 Å². The molecule has 0 fully saturated rings. The third-order valence-corrected chi connectivity index (χ3v) is 9.27. The zero-order valence-electron chi connectivity index (χ0n) is 25.9. The zero-order chi connectivity index (χ0) is 33.2. The molecule has 2 aromatic carbocycles. The number of ether oxygens (including phenoxy) is 5. The molecule has 1 N–H and O–H groups in total. The second-order valence-electron chi connectivity index (χ2n) is 11.2. The van der Waals surface area contributed by atoms with Crippen molar-refractivity contribution in [3.8, 4) is 41.1 Å². The van der Waals surface area contributed by atoms with Crippen molar-refractivity contribution in [1.82, 2.24) is 9.13 Å². The van der Waals surface area contributed by atoms with Crippen LogP contribution in [0.15, 0.2) is 45.1 Å². The number of anilines is 1. The number of allylic oxidation sites excluding steroid dienone is 1. The van der Waals surface area contributed by atoms with Crippen LogP contribution in [0.3, 0.4) is 0 Å². The van der Waals surface area contributed by atoms with E-state index in [-0.39, 0.29) is 63.6 Å². The van der Waals surface area contributed by atoms with Gasteiger partial charge in [-0.25, -0.2) is 4.79 Å². The summed E-state index contributed by atoms with van der Waals surface area (Å²) in [7, 11) is 7.15. The number of carbonyl (C=O) groups is 2. The van der Waals surface area contributed by atoms with Crippen molar-refractivity contribution in [3.05, 3.63) is 78.1 Å². The van der Waals surface area contributed by atoms with Gasteiger partial charge in [-0.1, -0.05) is 30.5 Å². The van der Waals surface area contributed by atoms with E-state index in [2.05, 4.69) is 11.2 Å². The van der Waals surface area contributed by atoms with E-state index < -0.39 is 40.3 Å². The van der Waals surface area contributed by atoms with Crippen molar-refractivity contribution in [2.24, 2.45) is 20.0 Å². The highest BCUT2D eigenvalue weighted by atomic mass is 35.5. The van der Waals surface area contributed by atoms with E-state index in [1.807, 2.05) is 0 Å². The summed E-state index contributed by atoms with van der Waals surface area (Å²) >= 11 is 6.62. The van der Waals surface area contributed by atoms with E-state index in [4.69, 9.17) is 41.7 Å². The van der Waals surface area contributed by atoms with Gasteiger partial charge in [0.05, 0.1) is 26.9 Å². The third-order valence-electron chi connectivity index (χ3n) is 8.91. The number of nitrogens with zero attached hydrogens (tertiary/aromatic N) is 2. The van der Waals surface area contributed by atoms with E-state index in [9.17, 15) is 14.4 Å². The Morgan fingerprint density at radius 2 is 1.70 bits per heavy atom. The fourth-order valence-corrected chi connectivity index (χ4v) is 6.89. The summed E-state index contributed by atoms with van der Waals surface area (Å²) in [4.78, 5) is 56.4. The van der Waals surface area contributed by atoms with Crippen molar-refractivity contribution < 1.29 is 33.3 Å². The monoisotopic (exact) mass is 647 g/mol. The lowest BCUT2D eigenvalue weighted by Gasteiger charge is -2.42. The van der Waals surface area contributed by atoms with Gasteiger partial charge >= 0.3 is 5.69 Å². The second-order valence-corrected chi connectivity index (χ2v) is 11.6. The molecule has 3 unspecified atom stereocenters. The molecule has 0 saturated carbocycles. The number of ketones is 2. The van der Waals surface area contributed by atoms with E-state index in [0.717, 1.165) is 4.57 Å². The van der Waals surface area contributed by atoms with Crippen LogP contribution in [-0.2, 0) is 18.9 Å². The topological polar surface area (TPSA) is 136 Å². The van der Waals surface area contributed by atoms with Gasteiger partial charge in [-0.3, -0.25) is 23.5 Å². The van der Waals surface area contributed by atoms with Crippen LogP contribution in [0.2, 0.25) is 5.02 Å². The summed E-state index contributed by atoms with van der Waals surface area (Å²) < 4.78 is 30.7. The Kier molecular flexibility index (Phi) is 7.40. The Morgan fingerprint density at radius 3 is 2.35 bits per heavy atom. The number of rotatable bonds is 6. The molecule has 6 rings (SSSR count). The molecule has 0 radical (unpaired) electrons. The molecule has 2 aliphatic heterocycles. The van der Waals surface area contributed by atoms with Gasteiger partial charge in [-0.2, -0.15) is 0 Å². The maximum absolute atomic E-state index is 15.0. The SMILES string of the molecule is C#CCOc1cc(C2C3=C(CC(C)C4(Oc5c(Cl)c(OC)cc(OC)c5C4=O)C3=O)Nc3c2c(=O)n(C)c(=O)n3C)ccc1OC. The summed E-state index contributed by atoms with van der Waals surface area (Å²) in [6.07, 6.45) is 5.58. The maximum Gasteiger partial charge on any atom is 0.332 e. The molecule has 3 atom stereocenters. The van der Waals surface area contributed by atoms with Crippen LogP contribution in [0, 0.1) is 18.3 Å². The third kappa shape index (κ3) is 4.08. The number of hydrogen-bond acceptors (Lipinski definition) is 10. The number of halogens is 1. The summed E-state index contributed by atoms with van der Waals surface area (Å²) in [5.74, 6) is 0.532. The molecule has 3 aromatic rings. The predicted octanol–water partition coefficient (Wildman–Crippen LogP) is 3.21. The molecule has 1 aromatic heterocycles. The van der Waals surface area contributed by atoms with Crippen LogP contribution >= 0.6 is 11.6 Å². The van der Waals surface area contributed by atoms with E-state index >= 15 is 4.79 Å². The van der Waals surface area contributed by atoms with Crippen LogP contribution in [0.25, 0.3) is 0 Å². The molecule has 12 nitrogen and oxygen atoms in total. The number of hydrogen-bond donors (Lipinski definition) is 1. The summed E-state index contributed by atoms with van der Waals surface area (Å²) in [6.45, 7) is 1.65. The molecule has 13 heteroatoms.